The van der Waals surface area contributed by atoms with Crippen molar-refractivity contribution in [3.05, 3.63) is 53.6 Å². The van der Waals surface area contributed by atoms with Crippen LogP contribution in [-0.2, 0) is 16.1 Å². The van der Waals surface area contributed by atoms with Crippen LogP contribution in [0, 0.1) is 11.6 Å². The molecule has 1 fully saturated rings. The van der Waals surface area contributed by atoms with E-state index in [2.05, 4.69) is 10.0 Å². The summed E-state index contributed by atoms with van der Waals surface area (Å²) in [4.78, 5) is 27.1. The third-order valence-corrected chi connectivity index (χ3v) is 6.61. The third kappa shape index (κ3) is 6.83. The largest absolute Gasteiger partial charge is 0.378 e. The molecule has 35 heavy (non-hydrogen) atoms. The van der Waals surface area contributed by atoms with Gasteiger partial charge < -0.3 is 21.3 Å². The number of carbonyl (C=O) groups excluding carboxylic acids is 2. The van der Waals surface area contributed by atoms with E-state index in [1.165, 1.54) is 12.1 Å². The Bertz CT molecular complexity index is 1110. The van der Waals surface area contributed by atoms with Crippen LogP contribution in [0.25, 0.3) is 0 Å². The first-order valence-corrected chi connectivity index (χ1v) is 12.0. The number of amides is 2. The van der Waals surface area contributed by atoms with Crippen molar-refractivity contribution >= 4 is 40.8 Å². The van der Waals surface area contributed by atoms with E-state index in [1.807, 2.05) is 6.07 Å². The lowest BCUT2D eigenvalue weighted by molar-refractivity contribution is -0.118. The minimum absolute atomic E-state index is 0.0132. The summed E-state index contributed by atoms with van der Waals surface area (Å²) in [5.74, 6) is 4.28. The second-order valence-electron chi connectivity index (χ2n) is 8.06. The zero-order chi connectivity index (χ0) is 25.5. The molecular formula is C23H29F2N7O2S. The van der Waals surface area contributed by atoms with Gasteiger partial charge in [0, 0.05) is 48.8 Å². The molecule has 0 saturated carbocycles. The number of amidine groups is 1. The van der Waals surface area contributed by atoms with Gasteiger partial charge in [0.05, 0.1) is 17.9 Å². The van der Waals surface area contributed by atoms with Crippen LogP contribution in [0.1, 0.15) is 24.8 Å². The monoisotopic (exact) mass is 505 g/mol. The van der Waals surface area contributed by atoms with Crippen LogP contribution in [0.4, 0.5) is 20.2 Å². The van der Waals surface area contributed by atoms with Gasteiger partial charge in [-0.25, -0.2) is 19.7 Å². The number of nitrogens with two attached hydrogens (primary N) is 3. The van der Waals surface area contributed by atoms with Gasteiger partial charge in [0.1, 0.15) is 11.6 Å². The molecule has 2 amide bonds. The van der Waals surface area contributed by atoms with E-state index in [0.717, 1.165) is 41.7 Å². The van der Waals surface area contributed by atoms with E-state index in [0.29, 0.717) is 23.4 Å². The molecule has 0 aliphatic carbocycles. The van der Waals surface area contributed by atoms with E-state index >= 15 is 0 Å². The van der Waals surface area contributed by atoms with Crippen molar-refractivity contribution < 1.29 is 18.4 Å². The fourth-order valence-electron chi connectivity index (χ4n) is 3.68. The summed E-state index contributed by atoms with van der Waals surface area (Å²) in [7, 11) is 1.72. The van der Waals surface area contributed by atoms with E-state index in [1.54, 1.807) is 41.9 Å². The van der Waals surface area contributed by atoms with E-state index < -0.39 is 17.6 Å². The number of halogens is 2. The van der Waals surface area contributed by atoms with Crippen LogP contribution in [0.5, 0.6) is 0 Å². The molecule has 2 aromatic rings. The lowest BCUT2D eigenvalue weighted by Crippen LogP contribution is -2.36. The number of carbonyl (C=O) groups is 2. The molecule has 12 heteroatoms. The summed E-state index contributed by atoms with van der Waals surface area (Å²) in [5, 5.41) is 4.32. The number of hydrazone groups is 1. The number of nitrogens with zero attached hydrogens (tertiary/aromatic N) is 4. The third-order valence-electron chi connectivity index (χ3n) is 5.56. The average molecular weight is 506 g/mol. The molecule has 4 rings (SSSR count). The van der Waals surface area contributed by atoms with Crippen molar-refractivity contribution in [3.63, 3.8) is 0 Å². The Hall–Kier alpha value is -3.38. The summed E-state index contributed by atoms with van der Waals surface area (Å²) >= 11 is 1.64. The Balaban J connectivity index is 0.000000199. The molecule has 0 aromatic heterocycles. The highest BCUT2D eigenvalue weighted by molar-refractivity contribution is 7.99. The van der Waals surface area contributed by atoms with Crippen molar-refractivity contribution in [1.82, 2.24) is 5.12 Å². The number of hydrazine groups is 1. The number of hydrogen-bond acceptors (Lipinski definition) is 7. The Morgan fingerprint density at radius 1 is 1.11 bits per heavy atom. The summed E-state index contributed by atoms with van der Waals surface area (Å²) in [6.45, 7) is 1.84. The normalized spacial score (nSPS) is 15.8. The molecule has 0 unspecified atom stereocenters. The van der Waals surface area contributed by atoms with Crippen molar-refractivity contribution in [2.75, 3.05) is 35.7 Å². The highest BCUT2D eigenvalue weighted by atomic mass is 32.2. The van der Waals surface area contributed by atoms with E-state index in [9.17, 15) is 18.4 Å². The van der Waals surface area contributed by atoms with E-state index in [-0.39, 0.29) is 18.3 Å². The molecule has 2 aliphatic rings. The second kappa shape index (κ2) is 11.8. The van der Waals surface area contributed by atoms with Crippen LogP contribution >= 0.6 is 11.8 Å². The minimum Gasteiger partial charge on any atom is -0.378 e. The number of hydrogen-bond donors (Lipinski definition) is 3. The van der Waals surface area contributed by atoms with Gasteiger partial charge >= 0.3 is 0 Å². The van der Waals surface area contributed by atoms with Crippen molar-refractivity contribution in [1.29, 1.82) is 0 Å². The first kappa shape index (κ1) is 26.2. The highest BCUT2D eigenvalue weighted by Gasteiger charge is 2.24. The molecule has 0 spiro atoms. The fraction of sp³-hybridized carbons (Fsp3) is 0.348. The van der Waals surface area contributed by atoms with Gasteiger partial charge in [-0.2, -0.15) is 0 Å². The molecule has 2 heterocycles. The predicted molar refractivity (Wildman–Crippen MR) is 134 cm³/mol. The molecule has 0 atom stereocenters. The molecule has 9 nitrogen and oxygen atoms in total. The highest BCUT2D eigenvalue weighted by Crippen LogP contribution is 2.38. The first-order chi connectivity index (χ1) is 16.7. The maximum absolute atomic E-state index is 14.3. The van der Waals surface area contributed by atoms with Gasteiger partial charge in [0.15, 0.2) is 0 Å². The maximum atomic E-state index is 14.3. The Kier molecular flexibility index (Phi) is 8.88. The molecule has 2 aromatic carbocycles. The number of rotatable bonds is 4. The lowest BCUT2D eigenvalue weighted by atomic mass is 10.2. The smallest absolute Gasteiger partial charge is 0.285 e. The SMILES string of the molecule is CN1C(=O)CCSc2cc(N3CCCC3)c(F)cc21.NC(=O)/C(N)=N/N(N)Cc1ccccc1F. The Labute approximate surface area is 206 Å². The van der Waals surface area contributed by atoms with Crippen LogP contribution in [0.15, 0.2) is 46.4 Å². The average Bonchev–Trinajstić information content (AvgIpc) is 3.31. The van der Waals surface area contributed by atoms with Gasteiger partial charge in [-0.1, -0.05) is 18.2 Å². The lowest BCUT2D eigenvalue weighted by Gasteiger charge is -2.22. The van der Waals surface area contributed by atoms with Crippen LogP contribution < -0.4 is 27.1 Å². The van der Waals surface area contributed by atoms with Crippen molar-refractivity contribution in [2.24, 2.45) is 22.4 Å². The Morgan fingerprint density at radius 2 is 1.80 bits per heavy atom. The van der Waals surface area contributed by atoms with E-state index in [4.69, 9.17) is 17.3 Å². The summed E-state index contributed by atoms with van der Waals surface area (Å²) in [6, 6.07) is 9.48. The molecule has 188 valence electrons. The maximum Gasteiger partial charge on any atom is 0.285 e. The van der Waals surface area contributed by atoms with Gasteiger partial charge in [-0.15, -0.1) is 16.9 Å². The molecular weight excluding hydrogens is 476 g/mol. The Morgan fingerprint density at radius 3 is 2.46 bits per heavy atom. The number of anilines is 2. The zero-order valence-corrected chi connectivity index (χ0v) is 20.2. The first-order valence-electron chi connectivity index (χ1n) is 11.0. The minimum atomic E-state index is -0.885. The number of benzene rings is 2. The molecule has 0 bridgehead atoms. The summed E-state index contributed by atoms with van der Waals surface area (Å²) < 4.78 is 27.5. The van der Waals surface area contributed by atoms with Gasteiger partial charge in [0.2, 0.25) is 11.7 Å². The van der Waals surface area contributed by atoms with Crippen molar-refractivity contribution in [2.45, 2.75) is 30.7 Å². The summed E-state index contributed by atoms with van der Waals surface area (Å²) in [5.41, 5.74) is 11.8. The number of primary amides is 1. The topological polar surface area (TPSA) is 134 Å². The van der Waals surface area contributed by atoms with Crippen LogP contribution in [0.2, 0.25) is 0 Å². The van der Waals surface area contributed by atoms with Gasteiger partial charge in [-0.05, 0) is 25.0 Å². The molecule has 1 saturated heterocycles. The summed E-state index contributed by atoms with van der Waals surface area (Å²) in [6.07, 6.45) is 2.76. The fourth-order valence-corrected chi connectivity index (χ4v) is 4.72. The van der Waals surface area contributed by atoms with Gasteiger partial charge in [0.25, 0.3) is 5.91 Å². The molecule has 6 N–H and O–H groups in total. The quantitative estimate of drug-likeness (QED) is 0.251. The number of fused-ring (bicyclic) bond motifs is 1. The molecule has 0 radical (unpaired) electrons. The van der Waals surface area contributed by atoms with Crippen LogP contribution in [-0.4, -0.2) is 48.7 Å². The standard InChI is InChI=1S/C14H17FN2OS.C9H12FN5O/c1-16-12-8-10(15)11(17-5-2-3-6-17)9-13(12)19-7-4-14(16)18;10-7-4-2-1-3-6(7)5-15(13)14-8(11)9(12)16/h8-9H,2-7H2,1H3;1-4H,5,13H2,(H2,11,14)(H2,12,16). The van der Waals surface area contributed by atoms with Gasteiger partial charge in [-0.3, -0.25) is 9.59 Å². The zero-order valence-electron chi connectivity index (χ0n) is 19.4. The predicted octanol–water partition coefficient (Wildman–Crippen LogP) is 2.14. The van der Waals surface area contributed by atoms with Crippen molar-refractivity contribution in [3.8, 4) is 0 Å². The molecule has 2 aliphatic heterocycles. The number of thioether (sulfide) groups is 1. The van der Waals surface area contributed by atoms with Crippen LogP contribution in [0.3, 0.4) is 0 Å². The second-order valence-corrected chi connectivity index (χ2v) is 9.19.